The second kappa shape index (κ2) is 3.66. The topological polar surface area (TPSA) is 17.8 Å². The number of hydrogen-bond acceptors (Lipinski definition) is 2. The molecule has 0 radical (unpaired) electrons. The van der Waals surface area contributed by atoms with Gasteiger partial charge in [0.25, 0.3) is 0 Å². The molecular formula is C7H12N2S. The molecule has 10 heavy (non-hydrogen) atoms. The quantitative estimate of drug-likeness (QED) is 0.661. The molecule has 0 spiro atoms. The van der Waals surface area contributed by atoms with E-state index in [9.17, 15) is 0 Å². The first kappa shape index (κ1) is 7.66. The minimum atomic E-state index is 1.02. The van der Waals surface area contributed by atoms with Gasteiger partial charge >= 0.3 is 0 Å². The van der Waals surface area contributed by atoms with E-state index >= 15 is 0 Å². The van der Waals surface area contributed by atoms with E-state index in [1.807, 2.05) is 35.6 Å². The van der Waals surface area contributed by atoms with E-state index in [0.717, 1.165) is 18.0 Å². The Labute approximate surface area is 65.6 Å². The van der Waals surface area contributed by atoms with E-state index in [1.165, 1.54) is 0 Å². The van der Waals surface area contributed by atoms with Crippen LogP contribution in [-0.2, 0) is 6.54 Å². The summed E-state index contributed by atoms with van der Waals surface area (Å²) in [5, 5.41) is 4.25. The lowest BCUT2D eigenvalue weighted by Gasteiger charge is -1.96. The van der Waals surface area contributed by atoms with Crippen molar-refractivity contribution >= 4 is 11.8 Å². The summed E-state index contributed by atoms with van der Waals surface area (Å²) in [7, 11) is 0. The molecule has 0 aliphatic carbocycles. The molecule has 0 aliphatic rings. The summed E-state index contributed by atoms with van der Waals surface area (Å²) in [6, 6.07) is 2.03. The number of nitrogens with zero attached hydrogens (tertiary/aromatic N) is 2. The van der Waals surface area contributed by atoms with Crippen LogP contribution in [0.4, 0.5) is 0 Å². The number of aryl methyl sites for hydroxylation is 2. The first-order valence-electron chi connectivity index (χ1n) is 3.32. The lowest BCUT2D eigenvalue weighted by Crippen LogP contribution is -2.00. The third-order valence-corrected chi connectivity index (χ3v) is 1.89. The van der Waals surface area contributed by atoms with Gasteiger partial charge in [0.2, 0.25) is 0 Å². The van der Waals surface area contributed by atoms with Crippen molar-refractivity contribution in [1.29, 1.82) is 0 Å². The van der Waals surface area contributed by atoms with E-state index in [2.05, 4.69) is 11.4 Å². The Morgan fingerprint density at radius 2 is 2.50 bits per heavy atom. The lowest BCUT2D eigenvalue weighted by molar-refractivity contribution is 0.660. The van der Waals surface area contributed by atoms with Crippen molar-refractivity contribution in [3.05, 3.63) is 18.0 Å². The third-order valence-electron chi connectivity index (χ3n) is 1.30. The smallest absolute Gasteiger partial charge is 0.0593 e. The molecule has 2 nitrogen and oxygen atoms in total. The van der Waals surface area contributed by atoms with E-state index in [4.69, 9.17) is 0 Å². The van der Waals surface area contributed by atoms with E-state index in [0.29, 0.717) is 0 Å². The summed E-state index contributed by atoms with van der Waals surface area (Å²) in [4.78, 5) is 0. The summed E-state index contributed by atoms with van der Waals surface area (Å²) in [6.07, 6.45) is 4.13. The molecule has 0 saturated carbocycles. The minimum Gasteiger partial charge on any atom is -0.272 e. The highest BCUT2D eigenvalue weighted by Crippen LogP contribution is 1.96. The summed E-state index contributed by atoms with van der Waals surface area (Å²) < 4.78 is 1.98. The van der Waals surface area contributed by atoms with Gasteiger partial charge in [-0.1, -0.05) is 0 Å². The Kier molecular flexibility index (Phi) is 2.81. The highest BCUT2D eigenvalue weighted by molar-refractivity contribution is 7.98. The lowest BCUT2D eigenvalue weighted by atomic mass is 10.5. The Hall–Kier alpha value is -0.440. The molecule has 1 aromatic heterocycles. The van der Waals surface area contributed by atoms with E-state index < -0.39 is 0 Å². The second-order valence-electron chi connectivity index (χ2n) is 2.21. The van der Waals surface area contributed by atoms with Crippen LogP contribution < -0.4 is 0 Å². The van der Waals surface area contributed by atoms with Crippen molar-refractivity contribution in [2.24, 2.45) is 0 Å². The highest BCUT2D eigenvalue weighted by atomic mass is 32.2. The molecule has 0 aromatic carbocycles. The van der Waals surface area contributed by atoms with Gasteiger partial charge in [-0.3, -0.25) is 4.68 Å². The molecule has 1 rings (SSSR count). The summed E-state index contributed by atoms with van der Waals surface area (Å²) in [5.41, 5.74) is 1.10. The molecular weight excluding hydrogens is 144 g/mol. The third kappa shape index (κ3) is 2.06. The van der Waals surface area contributed by atoms with Gasteiger partial charge in [-0.15, -0.1) is 0 Å². The number of aromatic nitrogens is 2. The SMILES string of the molecule is CSCCn1ccc(C)n1. The monoisotopic (exact) mass is 156 g/mol. The van der Waals surface area contributed by atoms with Gasteiger partial charge in [0.05, 0.1) is 5.69 Å². The number of hydrogen-bond donors (Lipinski definition) is 0. The molecule has 0 fully saturated rings. The molecule has 1 aromatic rings. The summed E-state index contributed by atoms with van der Waals surface area (Å²) in [6.45, 7) is 3.03. The van der Waals surface area contributed by atoms with Crippen molar-refractivity contribution in [3.63, 3.8) is 0 Å². The second-order valence-corrected chi connectivity index (χ2v) is 3.20. The van der Waals surface area contributed by atoms with Gasteiger partial charge < -0.3 is 0 Å². The highest BCUT2D eigenvalue weighted by Gasteiger charge is 1.90. The van der Waals surface area contributed by atoms with Crippen molar-refractivity contribution < 1.29 is 0 Å². The van der Waals surface area contributed by atoms with Crippen LogP contribution in [0.25, 0.3) is 0 Å². The first-order valence-corrected chi connectivity index (χ1v) is 4.71. The maximum absolute atomic E-state index is 4.25. The predicted octanol–water partition coefficient (Wildman–Crippen LogP) is 1.55. The molecule has 0 atom stereocenters. The van der Waals surface area contributed by atoms with Crippen LogP contribution in [-0.4, -0.2) is 21.8 Å². The normalized spacial score (nSPS) is 10.2. The summed E-state index contributed by atoms with van der Waals surface area (Å²) >= 11 is 1.84. The Bertz CT molecular complexity index is 195. The molecule has 0 unspecified atom stereocenters. The van der Waals surface area contributed by atoms with Crippen LogP contribution in [0, 0.1) is 6.92 Å². The van der Waals surface area contributed by atoms with E-state index in [-0.39, 0.29) is 0 Å². The fourth-order valence-electron chi connectivity index (χ4n) is 0.773. The fourth-order valence-corrected chi connectivity index (χ4v) is 1.14. The maximum atomic E-state index is 4.25. The van der Waals surface area contributed by atoms with Crippen molar-refractivity contribution in [3.8, 4) is 0 Å². The van der Waals surface area contributed by atoms with Gasteiger partial charge in [0.1, 0.15) is 0 Å². The molecule has 0 bridgehead atoms. The number of rotatable bonds is 3. The van der Waals surface area contributed by atoms with Crippen LogP contribution in [0.5, 0.6) is 0 Å². The Morgan fingerprint density at radius 3 is 3.00 bits per heavy atom. The van der Waals surface area contributed by atoms with Gasteiger partial charge in [0.15, 0.2) is 0 Å². The molecule has 3 heteroatoms. The molecule has 0 amide bonds. The van der Waals surface area contributed by atoms with Gasteiger partial charge in [-0.25, -0.2) is 0 Å². The van der Waals surface area contributed by atoms with Crippen LogP contribution >= 0.6 is 11.8 Å². The van der Waals surface area contributed by atoms with Gasteiger partial charge in [0, 0.05) is 18.5 Å². The standard InChI is InChI=1S/C7H12N2S/c1-7-3-4-9(8-7)5-6-10-2/h3-4H,5-6H2,1-2H3. The zero-order valence-corrected chi connectivity index (χ0v) is 7.19. The van der Waals surface area contributed by atoms with Crippen LogP contribution in [0.1, 0.15) is 5.69 Å². The van der Waals surface area contributed by atoms with Crippen molar-refractivity contribution in [1.82, 2.24) is 9.78 Å². The molecule has 0 N–H and O–H groups in total. The van der Waals surface area contributed by atoms with Crippen LogP contribution in [0.2, 0.25) is 0 Å². The Morgan fingerprint density at radius 1 is 1.70 bits per heavy atom. The first-order chi connectivity index (χ1) is 4.83. The predicted molar refractivity (Wildman–Crippen MR) is 45.3 cm³/mol. The van der Waals surface area contributed by atoms with Crippen molar-refractivity contribution in [2.75, 3.05) is 12.0 Å². The van der Waals surface area contributed by atoms with Gasteiger partial charge in [-0.05, 0) is 19.2 Å². The van der Waals surface area contributed by atoms with Crippen molar-refractivity contribution in [2.45, 2.75) is 13.5 Å². The Balaban J connectivity index is 2.42. The molecule has 0 aliphatic heterocycles. The number of thioether (sulfide) groups is 1. The molecule has 1 heterocycles. The average Bonchev–Trinajstić information content (AvgIpc) is 2.31. The van der Waals surface area contributed by atoms with Crippen LogP contribution in [0.15, 0.2) is 12.3 Å². The van der Waals surface area contributed by atoms with Gasteiger partial charge in [-0.2, -0.15) is 16.9 Å². The maximum Gasteiger partial charge on any atom is 0.0593 e. The molecule has 0 saturated heterocycles. The fraction of sp³-hybridized carbons (Fsp3) is 0.571. The van der Waals surface area contributed by atoms with Crippen LogP contribution in [0.3, 0.4) is 0 Å². The summed E-state index contributed by atoms with van der Waals surface area (Å²) in [5.74, 6) is 1.14. The molecule has 56 valence electrons. The zero-order valence-electron chi connectivity index (χ0n) is 6.37. The zero-order chi connectivity index (χ0) is 7.40. The largest absolute Gasteiger partial charge is 0.272 e. The van der Waals surface area contributed by atoms with E-state index in [1.54, 1.807) is 0 Å². The minimum absolute atomic E-state index is 1.02. The average molecular weight is 156 g/mol.